The van der Waals surface area contributed by atoms with Crippen molar-refractivity contribution in [3.63, 3.8) is 0 Å². The van der Waals surface area contributed by atoms with Crippen molar-refractivity contribution in [3.05, 3.63) is 54.0 Å². The number of hydrogen-bond donors (Lipinski definition) is 2. The van der Waals surface area contributed by atoms with Gasteiger partial charge in [-0.1, -0.05) is 12.1 Å². The van der Waals surface area contributed by atoms with E-state index in [0.717, 1.165) is 24.3 Å². The van der Waals surface area contributed by atoms with E-state index in [1.165, 1.54) is 0 Å². The van der Waals surface area contributed by atoms with E-state index in [9.17, 15) is 4.79 Å². The van der Waals surface area contributed by atoms with Crippen LogP contribution in [0.5, 0.6) is 0 Å². The smallest absolute Gasteiger partial charge is 0.253 e. The fraction of sp³-hybridized carbons (Fsp3) is 0.312. The third-order valence-corrected chi connectivity index (χ3v) is 3.22. The lowest BCUT2D eigenvalue weighted by Gasteiger charge is -2.15. The Morgan fingerprint density at radius 2 is 2.05 bits per heavy atom. The number of carbonyl (C=O) groups is 1. The van der Waals surface area contributed by atoms with Gasteiger partial charge in [0.05, 0.1) is 11.8 Å². The van der Waals surface area contributed by atoms with Gasteiger partial charge in [-0.15, -0.1) is 0 Å². The first kappa shape index (κ1) is 14.2. The molecule has 0 spiro atoms. The fourth-order valence-electron chi connectivity index (χ4n) is 2.09. The van der Waals surface area contributed by atoms with Gasteiger partial charge in [-0.3, -0.25) is 4.79 Å². The molecule has 2 aromatic rings. The Kier molecular flexibility index (Phi) is 4.82. The number of benzene rings is 1. The number of hydrogen-bond acceptors (Lipinski definition) is 3. The van der Waals surface area contributed by atoms with Crippen molar-refractivity contribution in [2.75, 3.05) is 12.4 Å². The summed E-state index contributed by atoms with van der Waals surface area (Å²) in [4.78, 5) is 12.2. The van der Waals surface area contributed by atoms with Crippen LogP contribution in [-0.2, 0) is 6.42 Å². The summed E-state index contributed by atoms with van der Waals surface area (Å²) in [5.41, 5.74) is 1.50. The second-order valence-corrected chi connectivity index (χ2v) is 4.79. The minimum atomic E-state index is -0.0538. The maximum Gasteiger partial charge on any atom is 0.253 e. The van der Waals surface area contributed by atoms with E-state index >= 15 is 0 Å². The topological polar surface area (TPSA) is 54.3 Å². The minimum absolute atomic E-state index is 0.0538. The Morgan fingerprint density at radius 3 is 2.75 bits per heavy atom. The SMILES string of the molecule is CNc1ccccc1C(=O)NC(C)CCc1ccco1. The Balaban J connectivity index is 1.90. The van der Waals surface area contributed by atoms with Gasteiger partial charge in [0.1, 0.15) is 5.76 Å². The summed E-state index contributed by atoms with van der Waals surface area (Å²) in [6.45, 7) is 2.00. The largest absolute Gasteiger partial charge is 0.469 e. The maximum absolute atomic E-state index is 12.2. The van der Waals surface area contributed by atoms with Crippen LogP contribution >= 0.6 is 0 Å². The maximum atomic E-state index is 12.2. The number of aryl methyl sites for hydroxylation is 1. The molecule has 20 heavy (non-hydrogen) atoms. The van der Waals surface area contributed by atoms with Crippen LogP contribution in [0.1, 0.15) is 29.5 Å². The molecule has 1 aromatic carbocycles. The first-order chi connectivity index (χ1) is 9.70. The molecule has 0 aliphatic rings. The lowest BCUT2D eigenvalue weighted by atomic mass is 10.1. The molecule has 1 heterocycles. The summed E-state index contributed by atoms with van der Waals surface area (Å²) < 4.78 is 5.29. The molecule has 2 N–H and O–H groups in total. The Bertz CT molecular complexity index is 549. The molecule has 4 heteroatoms. The van der Waals surface area contributed by atoms with Gasteiger partial charge in [-0.05, 0) is 37.6 Å². The van der Waals surface area contributed by atoms with E-state index in [1.807, 2.05) is 50.4 Å². The summed E-state index contributed by atoms with van der Waals surface area (Å²) in [5.74, 6) is 0.892. The molecule has 1 atom stereocenters. The molecule has 1 aromatic heterocycles. The highest BCUT2D eigenvalue weighted by Gasteiger charge is 2.13. The zero-order chi connectivity index (χ0) is 14.4. The van der Waals surface area contributed by atoms with E-state index in [4.69, 9.17) is 4.42 Å². The lowest BCUT2D eigenvalue weighted by Crippen LogP contribution is -2.33. The molecular weight excluding hydrogens is 252 g/mol. The molecule has 0 radical (unpaired) electrons. The van der Waals surface area contributed by atoms with E-state index in [2.05, 4.69) is 10.6 Å². The number of carbonyl (C=O) groups excluding carboxylic acids is 1. The van der Waals surface area contributed by atoms with Crippen LogP contribution in [0.2, 0.25) is 0 Å². The van der Waals surface area contributed by atoms with E-state index in [-0.39, 0.29) is 11.9 Å². The third kappa shape index (κ3) is 3.63. The average Bonchev–Trinajstić information content (AvgIpc) is 2.98. The third-order valence-electron chi connectivity index (χ3n) is 3.22. The quantitative estimate of drug-likeness (QED) is 0.849. The fourth-order valence-corrected chi connectivity index (χ4v) is 2.09. The van der Waals surface area contributed by atoms with E-state index < -0.39 is 0 Å². The number of anilines is 1. The van der Waals surface area contributed by atoms with Gasteiger partial charge in [0.2, 0.25) is 0 Å². The zero-order valence-electron chi connectivity index (χ0n) is 11.8. The number of para-hydroxylation sites is 1. The van der Waals surface area contributed by atoms with Crippen molar-refractivity contribution in [2.45, 2.75) is 25.8 Å². The van der Waals surface area contributed by atoms with Crippen molar-refractivity contribution in [3.8, 4) is 0 Å². The van der Waals surface area contributed by atoms with Crippen LogP contribution < -0.4 is 10.6 Å². The monoisotopic (exact) mass is 272 g/mol. The Morgan fingerprint density at radius 1 is 1.25 bits per heavy atom. The lowest BCUT2D eigenvalue weighted by molar-refractivity contribution is 0.0939. The van der Waals surface area contributed by atoms with E-state index in [0.29, 0.717) is 5.56 Å². The highest BCUT2D eigenvalue weighted by molar-refractivity contribution is 5.99. The number of rotatable bonds is 6. The van der Waals surface area contributed by atoms with Crippen LogP contribution in [0.3, 0.4) is 0 Å². The van der Waals surface area contributed by atoms with Crippen molar-refractivity contribution < 1.29 is 9.21 Å². The van der Waals surface area contributed by atoms with Gasteiger partial charge < -0.3 is 15.1 Å². The van der Waals surface area contributed by atoms with Crippen LogP contribution in [0.4, 0.5) is 5.69 Å². The predicted molar refractivity (Wildman–Crippen MR) is 79.9 cm³/mol. The van der Waals surface area contributed by atoms with Gasteiger partial charge in [0.15, 0.2) is 0 Å². The molecule has 0 saturated carbocycles. The number of furan rings is 1. The molecule has 0 fully saturated rings. The molecule has 0 aliphatic carbocycles. The summed E-state index contributed by atoms with van der Waals surface area (Å²) >= 11 is 0. The first-order valence-electron chi connectivity index (χ1n) is 6.80. The molecular formula is C16H20N2O2. The van der Waals surface area contributed by atoms with Gasteiger partial charge in [0.25, 0.3) is 5.91 Å². The van der Waals surface area contributed by atoms with Crippen LogP contribution in [0.25, 0.3) is 0 Å². The molecule has 1 amide bonds. The van der Waals surface area contributed by atoms with Crippen molar-refractivity contribution in [2.24, 2.45) is 0 Å². The van der Waals surface area contributed by atoms with Crippen LogP contribution in [-0.4, -0.2) is 19.0 Å². The van der Waals surface area contributed by atoms with Gasteiger partial charge >= 0.3 is 0 Å². The normalized spacial score (nSPS) is 11.9. The summed E-state index contributed by atoms with van der Waals surface area (Å²) in [6.07, 6.45) is 3.34. The van der Waals surface area contributed by atoms with Gasteiger partial charge in [-0.2, -0.15) is 0 Å². The van der Waals surface area contributed by atoms with Gasteiger partial charge in [0, 0.05) is 25.2 Å². The second-order valence-electron chi connectivity index (χ2n) is 4.79. The van der Waals surface area contributed by atoms with Gasteiger partial charge in [-0.25, -0.2) is 0 Å². The summed E-state index contributed by atoms with van der Waals surface area (Å²) in [6, 6.07) is 11.4. The molecule has 2 rings (SSSR count). The molecule has 0 aliphatic heterocycles. The predicted octanol–water partition coefficient (Wildman–Crippen LogP) is 3.07. The highest BCUT2D eigenvalue weighted by Crippen LogP contribution is 2.14. The van der Waals surface area contributed by atoms with Crippen molar-refractivity contribution in [1.82, 2.24) is 5.32 Å². The number of nitrogens with one attached hydrogen (secondary N) is 2. The Labute approximate surface area is 119 Å². The molecule has 1 unspecified atom stereocenters. The highest BCUT2D eigenvalue weighted by atomic mass is 16.3. The summed E-state index contributed by atoms with van der Waals surface area (Å²) in [7, 11) is 1.81. The first-order valence-corrected chi connectivity index (χ1v) is 6.80. The minimum Gasteiger partial charge on any atom is -0.469 e. The molecule has 106 valence electrons. The molecule has 4 nitrogen and oxygen atoms in total. The molecule has 0 bridgehead atoms. The van der Waals surface area contributed by atoms with Crippen LogP contribution in [0, 0.1) is 0 Å². The Hall–Kier alpha value is -2.23. The van der Waals surface area contributed by atoms with Crippen LogP contribution in [0.15, 0.2) is 47.1 Å². The average molecular weight is 272 g/mol. The van der Waals surface area contributed by atoms with E-state index in [1.54, 1.807) is 6.26 Å². The van der Waals surface area contributed by atoms with Crippen molar-refractivity contribution in [1.29, 1.82) is 0 Å². The standard InChI is InChI=1S/C16H20N2O2/c1-12(9-10-13-6-5-11-20-13)18-16(19)14-7-3-4-8-15(14)17-2/h3-8,11-12,17H,9-10H2,1-2H3,(H,18,19). The summed E-state index contributed by atoms with van der Waals surface area (Å²) in [5, 5.41) is 6.04. The zero-order valence-corrected chi connectivity index (χ0v) is 11.8. The molecule has 0 saturated heterocycles. The number of amides is 1. The van der Waals surface area contributed by atoms with Crippen molar-refractivity contribution >= 4 is 11.6 Å². The second kappa shape index (κ2) is 6.80.